The molecule has 17 heavy (non-hydrogen) atoms. The minimum absolute atomic E-state index is 0.602. The van der Waals surface area contributed by atoms with Crippen LogP contribution in [0.3, 0.4) is 0 Å². The van der Waals surface area contributed by atoms with Crippen LogP contribution in [-0.2, 0) is 13.0 Å². The summed E-state index contributed by atoms with van der Waals surface area (Å²) in [6, 6.07) is 3.85. The molecule has 0 fully saturated rings. The third-order valence-corrected chi connectivity index (χ3v) is 3.00. The number of hydrogen-bond acceptors (Lipinski definition) is 2. The molecule has 2 aromatic rings. The van der Waals surface area contributed by atoms with E-state index in [2.05, 4.69) is 15.5 Å². The van der Waals surface area contributed by atoms with Crippen molar-refractivity contribution in [3.05, 3.63) is 41.1 Å². The lowest BCUT2D eigenvalue weighted by Gasteiger charge is -2.13. The van der Waals surface area contributed by atoms with Gasteiger partial charge < -0.3 is 5.32 Å². The molecule has 0 radical (unpaired) electrons. The summed E-state index contributed by atoms with van der Waals surface area (Å²) >= 11 is 0. The van der Waals surface area contributed by atoms with Gasteiger partial charge in [-0.15, -0.1) is 0 Å². The number of nitrogens with zero attached hydrogens (tertiary/aromatic N) is 1. The van der Waals surface area contributed by atoms with Gasteiger partial charge in [0.25, 0.3) is 0 Å². The zero-order chi connectivity index (χ0) is 11.8. The van der Waals surface area contributed by atoms with E-state index in [4.69, 9.17) is 0 Å². The number of rotatable bonds is 1. The van der Waals surface area contributed by atoms with Gasteiger partial charge >= 0.3 is 0 Å². The van der Waals surface area contributed by atoms with Crippen LogP contribution in [-0.4, -0.2) is 16.7 Å². The first-order chi connectivity index (χ1) is 8.25. The van der Waals surface area contributed by atoms with Crippen molar-refractivity contribution >= 4 is 0 Å². The van der Waals surface area contributed by atoms with Crippen LogP contribution in [0.15, 0.2) is 18.2 Å². The van der Waals surface area contributed by atoms with E-state index in [9.17, 15) is 8.78 Å². The van der Waals surface area contributed by atoms with Crippen molar-refractivity contribution in [2.24, 2.45) is 0 Å². The van der Waals surface area contributed by atoms with Crippen LogP contribution >= 0.6 is 0 Å². The van der Waals surface area contributed by atoms with E-state index in [0.717, 1.165) is 30.3 Å². The number of nitrogens with one attached hydrogen (secondary N) is 2. The highest BCUT2D eigenvalue weighted by Crippen LogP contribution is 2.26. The number of fused-ring (bicyclic) bond motifs is 1. The second kappa shape index (κ2) is 3.92. The van der Waals surface area contributed by atoms with Gasteiger partial charge in [0.15, 0.2) is 11.6 Å². The zero-order valence-electron chi connectivity index (χ0n) is 9.06. The second-order valence-electron chi connectivity index (χ2n) is 4.08. The van der Waals surface area contributed by atoms with Crippen LogP contribution in [0.5, 0.6) is 0 Å². The molecule has 0 unspecified atom stereocenters. The Hall–Kier alpha value is -1.75. The number of benzene rings is 1. The lowest BCUT2D eigenvalue weighted by molar-refractivity contribution is 0.509. The van der Waals surface area contributed by atoms with E-state index in [1.807, 2.05) is 0 Å². The Morgan fingerprint density at radius 2 is 2.06 bits per heavy atom. The van der Waals surface area contributed by atoms with E-state index in [1.165, 1.54) is 6.07 Å². The number of aromatic nitrogens is 2. The molecule has 2 heterocycles. The average Bonchev–Trinajstić information content (AvgIpc) is 2.76. The summed E-state index contributed by atoms with van der Waals surface area (Å²) in [7, 11) is 0. The molecule has 0 atom stereocenters. The fourth-order valence-electron chi connectivity index (χ4n) is 2.11. The van der Waals surface area contributed by atoms with Gasteiger partial charge in [-0.2, -0.15) is 5.10 Å². The summed E-state index contributed by atoms with van der Waals surface area (Å²) in [6.45, 7) is 1.62. The standard InChI is InChI=1S/C12H11F2N3/c13-9-2-1-7(5-10(9)14)12-8-6-15-4-3-11(8)16-17-12/h1-2,5,15H,3-4,6H2,(H,16,17). The number of hydrogen-bond donors (Lipinski definition) is 2. The number of aromatic amines is 1. The molecule has 0 spiro atoms. The van der Waals surface area contributed by atoms with Gasteiger partial charge in [0, 0.05) is 36.3 Å². The summed E-state index contributed by atoms with van der Waals surface area (Å²) < 4.78 is 26.0. The molecule has 3 nitrogen and oxygen atoms in total. The molecule has 0 bridgehead atoms. The fraction of sp³-hybridized carbons (Fsp3) is 0.250. The van der Waals surface area contributed by atoms with Crippen LogP contribution in [0.4, 0.5) is 8.78 Å². The maximum absolute atomic E-state index is 13.2. The van der Waals surface area contributed by atoms with E-state index < -0.39 is 11.6 Å². The van der Waals surface area contributed by atoms with Gasteiger partial charge in [-0.1, -0.05) is 0 Å². The third kappa shape index (κ3) is 1.72. The molecule has 0 saturated carbocycles. The van der Waals surface area contributed by atoms with Crippen molar-refractivity contribution in [3.63, 3.8) is 0 Å². The quantitative estimate of drug-likeness (QED) is 0.793. The topological polar surface area (TPSA) is 40.7 Å². The van der Waals surface area contributed by atoms with Gasteiger partial charge in [-0.25, -0.2) is 8.78 Å². The normalized spacial score (nSPS) is 14.7. The van der Waals surface area contributed by atoms with Crippen molar-refractivity contribution < 1.29 is 8.78 Å². The van der Waals surface area contributed by atoms with Gasteiger partial charge in [-0.05, 0) is 18.2 Å². The number of halogens is 2. The zero-order valence-corrected chi connectivity index (χ0v) is 9.06. The molecule has 1 aliphatic heterocycles. The smallest absolute Gasteiger partial charge is 0.159 e. The van der Waals surface area contributed by atoms with Gasteiger partial charge in [0.1, 0.15) is 0 Å². The summed E-state index contributed by atoms with van der Waals surface area (Å²) in [5.74, 6) is -1.68. The van der Waals surface area contributed by atoms with Crippen LogP contribution in [0.1, 0.15) is 11.3 Å². The largest absolute Gasteiger partial charge is 0.312 e. The Balaban J connectivity index is 2.09. The van der Waals surface area contributed by atoms with Crippen molar-refractivity contribution in [1.29, 1.82) is 0 Å². The molecule has 3 rings (SSSR count). The first-order valence-corrected chi connectivity index (χ1v) is 5.48. The van der Waals surface area contributed by atoms with Crippen LogP contribution < -0.4 is 5.32 Å². The maximum Gasteiger partial charge on any atom is 0.159 e. The Labute approximate surface area is 96.9 Å². The van der Waals surface area contributed by atoms with Crippen molar-refractivity contribution in [2.75, 3.05) is 6.54 Å². The van der Waals surface area contributed by atoms with Crippen LogP contribution in [0.2, 0.25) is 0 Å². The molecule has 1 aromatic heterocycles. The predicted molar refractivity (Wildman–Crippen MR) is 59.4 cm³/mol. The highest BCUT2D eigenvalue weighted by Gasteiger charge is 2.18. The Morgan fingerprint density at radius 3 is 2.88 bits per heavy atom. The van der Waals surface area contributed by atoms with Crippen molar-refractivity contribution in [2.45, 2.75) is 13.0 Å². The minimum atomic E-state index is -0.844. The molecule has 5 heteroatoms. The summed E-state index contributed by atoms with van der Waals surface area (Å²) in [4.78, 5) is 0. The Morgan fingerprint density at radius 1 is 1.18 bits per heavy atom. The van der Waals surface area contributed by atoms with Gasteiger partial charge in [0.05, 0.1) is 5.69 Å². The lowest BCUT2D eigenvalue weighted by atomic mass is 10.0. The monoisotopic (exact) mass is 235 g/mol. The average molecular weight is 235 g/mol. The second-order valence-corrected chi connectivity index (χ2v) is 4.08. The third-order valence-electron chi connectivity index (χ3n) is 3.00. The highest BCUT2D eigenvalue weighted by molar-refractivity contribution is 5.64. The minimum Gasteiger partial charge on any atom is -0.312 e. The van der Waals surface area contributed by atoms with E-state index in [1.54, 1.807) is 6.07 Å². The van der Waals surface area contributed by atoms with Crippen LogP contribution in [0, 0.1) is 11.6 Å². The molecule has 1 aromatic carbocycles. The predicted octanol–water partition coefficient (Wildman–Crippen LogP) is 2.00. The Kier molecular flexibility index (Phi) is 2.40. The van der Waals surface area contributed by atoms with Crippen molar-refractivity contribution in [3.8, 4) is 11.3 Å². The molecule has 0 aliphatic carbocycles. The van der Waals surface area contributed by atoms with Gasteiger partial charge in [0.2, 0.25) is 0 Å². The highest BCUT2D eigenvalue weighted by atomic mass is 19.2. The Bertz CT molecular complexity index is 563. The maximum atomic E-state index is 13.2. The van der Waals surface area contributed by atoms with E-state index in [0.29, 0.717) is 17.8 Å². The lowest BCUT2D eigenvalue weighted by Crippen LogP contribution is -2.23. The van der Waals surface area contributed by atoms with Crippen LogP contribution in [0.25, 0.3) is 11.3 Å². The summed E-state index contributed by atoms with van der Waals surface area (Å²) in [5.41, 5.74) is 3.42. The van der Waals surface area contributed by atoms with E-state index in [-0.39, 0.29) is 0 Å². The SMILES string of the molecule is Fc1ccc(-c2n[nH]c3c2CNCC3)cc1F. The van der Waals surface area contributed by atoms with Crippen molar-refractivity contribution in [1.82, 2.24) is 15.5 Å². The first-order valence-electron chi connectivity index (χ1n) is 5.48. The molecular formula is C12H11F2N3. The molecule has 2 N–H and O–H groups in total. The van der Waals surface area contributed by atoms with E-state index >= 15 is 0 Å². The first kappa shape index (κ1) is 10.4. The van der Waals surface area contributed by atoms with Gasteiger partial charge in [-0.3, -0.25) is 5.10 Å². The molecule has 1 aliphatic rings. The summed E-state index contributed by atoms with van der Waals surface area (Å²) in [6.07, 6.45) is 0.881. The fourth-order valence-corrected chi connectivity index (χ4v) is 2.11. The molecule has 88 valence electrons. The molecular weight excluding hydrogens is 224 g/mol. The molecule has 0 amide bonds. The summed E-state index contributed by atoms with van der Waals surface area (Å²) in [5, 5.41) is 10.4. The number of H-pyrrole nitrogens is 1. The molecule has 0 saturated heterocycles.